The second kappa shape index (κ2) is 11.7. The lowest BCUT2D eigenvalue weighted by molar-refractivity contribution is -0.330. The number of benzene rings is 3. The molecule has 1 aliphatic heterocycles. The van der Waals surface area contributed by atoms with E-state index in [0.717, 1.165) is 56.8 Å². The van der Waals surface area contributed by atoms with Crippen LogP contribution in [0.15, 0.2) is 84.0 Å². The number of nitrogens with one attached hydrogen (secondary N) is 1. The maximum atomic E-state index is 12.3. The van der Waals surface area contributed by atoms with E-state index in [0.29, 0.717) is 5.56 Å². The van der Waals surface area contributed by atoms with Crippen molar-refractivity contribution in [2.45, 2.75) is 45.6 Å². The molecule has 1 unspecified atom stereocenters. The van der Waals surface area contributed by atoms with Gasteiger partial charge in [0, 0.05) is 41.4 Å². The van der Waals surface area contributed by atoms with E-state index in [1.165, 1.54) is 11.1 Å². The summed E-state index contributed by atoms with van der Waals surface area (Å²) < 4.78 is 40.7. The molecular weight excluding hydrogens is 531 g/mol. The first kappa shape index (κ1) is 27.7. The van der Waals surface area contributed by atoms with Crippen LogP contribution in [0.1, 0.15) is 45.7 Å². The Kier molecular flexibility index (Phi) is 8.09. The van der Waals surface area contributed by atoms with Crippen molar-refractivity contribution in [3.8, 4) is 0 Å². The molecule has 204 valence electrons. The Labute approximate surface area is 236 Å². The number of pyridine rings is 1. The summed E-state index contributed by atoms with van der Waals surface area (Å²) in [6.07, 6.45) is 2.66. The van der Waals surface area contributed by atoms with Crippen LogP contribution in [-0.4, -0.2) is 22.5 Å². The molecule has 4 nitrogen and oxygen atoms in total. The number of aromatic nitrogens is 1. The van der Waals surface area contributed by atoms with Gasteiger partial charge in [-0.2, -0.15) is 0 Å². The number of ether oxygens (including phenoxy) is 1. The van der Waals surface area contributed by atoms with Crippen LogP contribution in [0.5, 0.6) is 0 Å². The second-order valence-electron chi connectivity index (χ2n) is 9.90. The van der Waals surface area contributed by atoms with Gasteiger partial charge >= 0.3 is 6.36 Å². The summed E-state index contributed by atoms with van der Waals surface area (Å²) in [6.45, 7) is 3.64. The molecule has 0 saturated carbocycles. The fourth-order valence-electron chi connectivity index (χ4n) is 4.71. The second-order valence-corrected chi connectivity index (χ2v) is 10.4. The highest BCUT2D eigenvalue weighted by atomic mass is 32.1. The number of aliphatic imine (C=N–C) groups is 1. The van der Waals surface area contributed by atoms with Gasteiger partial charge in [0.05, 0.1) is 22.8 Å². The number of halogens is 3. The average molecular weight is 560 g/mol. The molecule has 5 rings (SSSR count). The molecule has 0 amide bonds. The third kappa shape index (κ3) is 6.81. The minimum atomic E-state index is -4.64. The van der Waals surface area contributed by atoms with Gasteiger partial charge in [-0.15, -0.1) is 13.2 Å². The smallest absolute Gasteiger partial charge is 0.350 e. The van der Waals surface area contributed by atoms with Crippen LogP contribution >= 0.6 is 12.2 Å². The number of nitrogens with zero attached hydrogens (tertiary/aromatic N) is 2. The van der Waals surface area contributed by atoms with Gasteiger partial charge in [0.15, 0.2) is 0 Å². The summed E-state index contributed by atoms with van der Waals surface area (Å²) in [5, 5.41) is 4.45. The lowest BCUT2D eigenvalue weighted by Gasteiger charge is -2.13. The summed E-state index contributed by atoms with van der Waals surface area (Å²) in [6, 6.07) is 21.3. The Balaban J connectivity index is 1.22. The zero-order chi connectivity index (χ0) is 28.3. The minimum Gasteiger partial charge on any atom is -0.350 e. The van der Waals surface area contributed by atoms with Gasteiger partial charge in [-0.25, -0.2) is 0 Å². The van der Waals surface area contributed by atoms with E-state index in [1.807, 2.05) is 42.8 Å². The predicted molar refractivity (Wildman–Crippen MR) is 159 cm³/mol. The fourth-order valence-corrected chi connectivity index (χ4v) is 4.91. The third-order valence-electron chi connectivity index (χ3n) is 6.90. The molecule has 0 bridgehead atoms. The van der Waals surface area contributed by atoms with Crippen LogP contribution < -0.4 is 5.32 Å². The van der Waals surface area contributed by atoms with Gasteiger partial charge in [0.2, 0.25) is 0 Å². The Morgan fingerprint density at radius 3 is 2.45 bits per heavy atom. The molecule has 0 radical (unpaired) electrons. The summed E-state index contributed by atoms with van der Waals surface area (Å²) in [5.74, 6) is -0.0560. The predicted octanol–water partition coefficient (Wildman–Crippen LogP) is 8.47. The third-order valence-corrected chi connectivity index (χ3v) is 7.21. The average Bonchev–Trinajstić information content (AvgIpc) is 3.43. The van der Waals surface area contributed by atoms with Gasteiger partial charge in [0.1, 0.15) is 0 Å². The molecule has 0 spiro atoms. The van der Waals surface area contributed by atoms with Crippen LogP contribution in [-0.2, 0) is 17.8 Å². The van der Waals surface area contributed by atoms with E-state index < -0.39 is 13.0 Å². The van der Waals surface area contributed by atoms with Crippen LogP contribution in [0.4, 0.5) is 18.9 Å². The van der Waals surface area contributed by atoms with Gasteiger partial charge in [-0.05, 0) is 66.3 Å². The van der Waals surface area contributed by atoms with E-state index in [9.17, 15) is 13.2 Å². The molecular formula is C32H28F3N3OS. The number of anilines is 1. The number of hydrogen-bond acceptors (Lipinski definition) is 4. The Morgan fingerprint density at radius 2 is 1.73 bits per heavy atom. The van der Waals surface area contributed by atoms with Crippen molar-refractivity contribution >= 4 is 45.7 Å². The summed E-state index contributed by atoms with van der Waals surface area (Å²) in [5.41, 5.74) is 8.63. The van der Waals surface area contributed by atoms with Crippen molar-refractivity contribution < 1.29 is 17.9 Å². The number of para-hydroxylation sites is 1. The highest BCUT2D eigenvalue weighted by Crippen LogP contribution is 2.31. The highest BCUT2D eigenvalue weighted by molar-refractivity contribution is 7.80. The van der Waals surface area contributed by atoms with Crippen molar-refractivity contribution in [2.75, 3.05) is 5.32 Å². The molecule has 1 aromatic heterocycles. The quantitative estimate of drug-likeness (QED) is 0.220. The largest absolute Gasteiger partial charge is 0.522 e. The van der Waals surface area contributed by atoms with Crippen LogP contribution in [0.2, 0.25) is 0 Å². The van der Waals surface area contributed by atoms with E-state index in [4.69, 9.17) is 17.2 Å². The monoisotopic (exact) mass is 559 g/mol. The van der Waals surface area contributed by atoms with Crippen LogP contribution in [0.25, 0.3) is 16.6 Å². The number of hydrogen-bond donors (Lipinski definition) is 1. The topological polar surface area (TPSA) is 46.5 Å². The van der Waals surface area contributed by atoms with Gasteiger partial charge in [-0.1, -0.05) is 66.8 Å². The van der Waals surface area contributed by atoms with E-state index in [2.05, 4.69) is 47.1 Å². The lowest BCUT2D eigenvalue weighted by atomic mass is 9.98. The van der Waals surface area contributed by atoms with Crippen molar-refractivity contribution in [1.82, 2.24) is 4.98 Å². The van der Waals surface area contributed by atoms with Crippen molar-refractivity contribution in [3.05, 3.63) is 112 Å². The van der Waals surface area contributed by atoms with Crippen molar-refractivity contribution in [1.29, 1.82) is 0 Å². The first-order chi connectivity index (χ1) is 19.1. The van der Waals surface area contributed by atoms with Crippen LogP contribution in [0, 0.1) is 13.8 Å². The molecule has 4 aromatic rings. The fraction of sp³-hybridized carbons (Fsp3) is 0.219. The maximum Gasteiger partial charge on any atom is 0.522 e. The Hall–Kier alpha value is -3.88. The normalized spacial score (nSPS) is 14.9. The van der Waals surface area contributed by atoms with Crippen molar-refractivity contribution in [2.24, 2.45) is 4.99 Å². The van der Waals surface area contributed by atoms with Crippen LogP contribution in [0.3, 0.4) is 0 Å². The first-order valence-electron chi connectivity index (χ1n) is 13.0. The lowest BCUT2D eigenvalue weighted by Crippen LogP contribution is -2.12. The molecule has 0 aliphatic carbocycles. The number of fused-ring (bicyclic) bond motifs is 1. The number of aryl methyl sites for hydroxylation is 3. The molecule has 1 N–H and O–H groups in total. The van der Waals surface area contributed by atoms with Crippen molar-refractivity contribution in [3.63, 3.8) is 0 Å². The first-order valence-corrected chi connectivity index (χ1v) is 13.4. The molecule has 0 fully saturated rings. The number of allylic oxidation sites excluding steroid dienone is 1. The molecule has 1 atom stereocenters. The molecule has 0 saturated heterocycles. The van der Waals surface area contributed by atoms with E-state index in [-0.39, 0.29) is 5.92 Å². The minimum absolute atomic E-state index is 0.0560. The molecule has 8 heteroatoms. The maximum absolute atomic E-state index is 12.3. The number of alkyl halides is 3. The van der Waals surface area contributed by atoms with Gasteiger partial charge in [0.25, 0.3) is 0 Å². The standard InChI is InChI=1S/C32H28F3N3OS/c1-20-4-3-5-21(2)31(20)38-30(40)13-8-23-14-25-11-12-26(15-28(25)36-17-23)29-16-27(18-37-29)24-9-6-22(7-10-24)19-39-32(33,34)35/h3-7,9-12,14-18,27H,8,13,19H2,1-2H3,(H,38,40). The molecule has 3 aromatic carbocycles. The highest BCUT2D eigenvalue weighted by Gasteiger charge is 2.29. The Bertz CT molecular complexity index is 1590. The zero-order valence-corrected chi connectivity index (χ0v) is 22.9. The Morgan fingerprint density at radius 1 is 0.975 bits per heavy atom. The summed E-state index contributed by atoms with van der Waals surface area (Å²) >= 11 is 5.61. The van der Waals surface area contributed by atoms with E-state index >= 15 is 0 Å². The molecule has 40 heavy (non-hydrogen) atoms. The van der Waals surface area contributed by atoms with Gasteiger partial charge in [-0.3, -0.25) is 14.7 Å². The SMILES string of the molecule is Cc1cccc(C)c1NC(=S)CCc1cnc2cc(C3=CC(c4ccc(COC(F)(F)F)cc4)C=N3)ccc2c1. The number of rotatable bonds is 8. The zero-order valence-electron chi connectivity index (χ0n) is 22.1. The summed E-state index contributed by atoms with van der Waals surface area (Å²) in [4.78, 5) is 10.1. The molecule has 1 aliphatic rings. The number of thiocarbonyl (C=S) groups is 1. The van der Waals surface area contributed by atoms with E-state index in [1.54, 1.807) is 24.3 Å². The van der Waals surface area contributed by atoms with Gasteiger partial charge < -0.3 is 5.32 Å². The molecule has 2 heterocycles. The summed E-state index contributed by atoms with van der Waals surface area (Å²) in [7, 11) is 0.